The molecule has 1 unspecified atom stereocenters. The van der Waals surface area contributed by atoms with Gasteiger partial charge in [-0.3, -0.25) is 14.5 Å². The van der Waals surface area contributed by atoms with Gasteiger partial charge in [0.25, 0.3) is 5.78 Å². The van der Waals surface area contributed by atoms with Crippen molar-refractivity contribution in [3.8, 4) is 23.0 Å². The van der Waals surface area contributed by atoms with Crippen LogP contribution >= 0.6 is 11.3 Å². The monoisotopic (exact) mass is 564 g/mol. The fourth-order valence-corrected chi connectivity index (χ4v) is 5.67. The third-order valence-electron chi connectivity index (χ3n) is 6.41. The van der Waals surface area contributed by atoms with E-state index in [-0.39, 0.29) is 27.8 Å². The van der Waals surface area contributed by atoms with E-state index in [0.29, 0.717) is 33.9 Å². The highest BCUT2D eigenvalue weighted by molar-refractivity contribution is 7.22. The van der Waals surface area contributed by atoms with Gasteiger partial charge < -0.3 is 24.1 Å². The Labute approximate surface area is 233 Å². The van der Waals surface area contributed by atoms with E-state index in [2.05, 4.69) is 4.98 Å². The van der Waals surface area contributed by atoms with Crippen molar-refractivity contribution in [1.29, 1.82) is 0 Å². The topological polar surface area (TPSA) is 107 Å². The predicted molar refractivity (Wildman–Crippen MR) is 148 cm³/mol. The van der Waals surface area contributed by atoms with Gasteiger partial charge in [-0.1, -0.05) is 23.5 Å². The van der Waals surface area contributed by atoms with Crippen LogP contribution in [0.3, 0.4) is 0 Å². The number of carbonyl (C=O) groups excluding carboxylic acids is 2. The lowest BCUT2D eigenvalue weighted by atomic mass is 9.94. The molecular weight excluding hydrogens is 539 g/mol. The van der Waals surface area contributed by atoms with Crippen LogP contribution in [0.1, 0.15) is 24.1 Å². The number of methoxy groups -OCH3 is 3. The Morgan fingerprint density at radius 1 is 1.02 bits per heavy atom. The number of aromatic nitrogens is 1. The molecule has 0 radical (unpaired) electrons. The first-order valence-corrected chi connectivity index (χ1v) is 13.0. The highest BCUT2D eigenvalue weighted by Gasteiger charge is 2.48. The molecule has 3 aromatic carbocycles. The fraction of sp³-hybridized carbons (Fsp3) is 0.207. The molecule has 1 amide bonds. The van der Waals surface area contributed by atoms with E-state index in [1.54, 1.807) is 36.4 Å². The number of nitrogens with zero attached hydrogens (tertiary/aromatic N) is 2. The summed E-state index contributed by atoms with van der Waals surface area (Å²) in [5.41, 5.74) is 0.962. The second-order valence-electron chi connectivity index (χ2n) is 8.70. The summed E-state index contributed by atoms with van der Waals surface area (Å²) in [7, 11) is 4.34. The summed E-state index contributed by atoms with van der Waals surface area (Å²) in [6.45, 7) is 2.23. The first kappa shape index (κ1) is 26.9. The van der Waals surface area contributed by atoms with Gasteiger partial charge in [0.05, 0.1) is 49.8 Å². The van der Waals surface area contributed by atoms with Crippen LogP contribution < -0.4 is 23.8 Å². The van der Waals surface area contributed by atoms with E-state index < -0.39 is 29.3 Å². The molecule has 9 nitrogen and oxygen atoms in total. The third kappa shape index (κ3) is 4.58. The van der Waals surface area contributed by atoms with Crippen LogP contribution in [0.5, 0.6) is 23.0 Å². The van der Waals surface area contributed by atoms with E-state index in [1.807, 2.05) is 6.92 Å². The molecular formula is C29H25FN2O7S. The zero-order valence-corrected chi connectivity index (χ0v) is 22.9. The summed E-state index contributed by atoms with van der Waals surface area (Å²) in [5.74, 6) is -1.30. The average molecular weight is 565 g/mol. The highest BCUT2D eigenvalue weighted by Crippen LogP contribution is 2.48. The van der Waals surface area contributed by atoms with Gasteiger partial charge in [-0.15, -0.1) is 0 Å². The molecule has 206 valence electrons. The number of halogens is 1. The van der Waals surface area contributed by atoms with Crippen LogP contribution in [0.25, 0.3) is 16.0 Å². The van der Waals surface area contributed by atoms with E-state index in [4.69, 9.17) is 18.9 Å². The van der Waals surface area contributed by atoms with Gasteiger partial charge in [-0.05, 0) is 55.0 Å². The summed E-state index contributed by atoms with van der Waals surface area (Å²) < 4.78 is 36.5. The molecule has 1 atom stereocenters. The number of ketones is 1. The largest absolute Gasteiger partial charge is 0.507 e. The molecule has 40 heavy (non-hydrogen) atoms. The number of anilines is 1. The van der Waals surface area contributed by atoms with Gasteiger partial charge in [0.1, 0.15) is 17.3 Å². The molecule has 1 aliphatic heterocycles. The van der Waals surface area contributed by atoms with Gasteiger partial charge in [-0.2, -0.15) is 0 Å². The number of aliphatic hydroxyl groups excluding tert-OH is 1. The summed E-state index contributed by atoms with van der Waals surface area (Å²) in [6.07, 6.45) is 0. The Kier molecular flexibility index (Phi) is 7.31. The van der Waals surface area contributed by atoms with Gasteiger partial charge in [0, 0.05) is 5.56 Å². The number of fused-ring (bicyclic) bond motifs is 1. The van der Waals surface area contributed by atoms with Gasteiger partial charge in [-0.25, -0.2) is 9.37 Å². The lowest BCUT2D eigenvalue weighted by Gasteiger charge is -2.24. The Morgan fingerprint density at radius 3 is 2.40 bits per heavy atom. The maximum atomic E-state index is 13.9. The number of Topliss-reactive ketones (excluding diaryl/α,β-unsaturated/α-hetero) is 1. The molecule has 0 aliphatic carbocycles. The second kappa shape index (κ2) is 10.9. The predicted octanol–water partition coefficient (Wildman–Crippen LogP) is 5.49. The molecule has 11 heteroatoms. The number of hydrogen-bond donors (Lipinski definition) is 1. The lowest BCUT2D eigenvalue weighted by molar-refractivity contribution is -0.132. The average Bonchev–Trinajstić information content (AvgIpc) is 3.49. The molecule has 1 saturated heterocycles. The van der Waals surface area contributed by atoms with E-state index in [1.165, 1.54) is 44.4 Å². The van der Waals surface area contributed by atoms with Crippen molar-refractivity contribution in [2.24, 2.45) is 0 Å². The Morgan fingerprint density at radius 2 is 1.75 bits per heavy atom. The SMILES string of the molecule is CCOc1cccc(/C(O)=C2\C(=O)C(=O)N(c3nc4ccc(F)cc4s3)C2c2cc(OC)c(OC)c(OC)c2)c1. The molecule has 0 bridgehead atoms. The van der Waals surface area contributed by atoms with Crippen LogP contribution in [0, 0.1) is 5.82 Å². The van der Waals surface area contributed by atoms with Crippen LogP contribution in [-0.4, -0.2) is 49.7 Å². The van der Waals surface area contributed by atoms with Gasteiger partial charge in [0.2, 0.25) is 5.75 Å². The fourth-order valence-electron chi connectivity index (χ4n) is 4.65. The first-order valence-electron chi connectivity index (χ1n) is 12.2. The summed E-state index contributed by atoms with van der Waals surface area (Å²) in [4.78, 5) is 32.9. The van der Waals surface area contributed by atoms with Crippen LogP contribution in [0.15, 0.2) is 60.2 Å². The molecule has 0 spiro atoms. The van der Waals surface area contributed by atoms with Crippen molar-refractivity contribution < 1.29 is 38.0 Å². The van der Waals surface area contributed by atoms with Crippen molar-refractivity contribution in [3.05, 3.63) is 77.1 Å². The molecule has 5 rings (SSSR count). The highest BCUT2D eigenvalue weighted by atomic mass is 32.1. The standard InChI is InChI=1S/C29H25FN2O7S/c1-5-39-18-8-6-7-15(11-18)25(33)23-24(16-12-20(36-2)27(38-4)21(13-16)37-3)32(28(35)26(23)34)29-31-19-10-9-17(30)14-22(19)40-29/h6-14,24,33H,5H2,1-4H3/b25-23+. The number of carbonyl (C=O) groups is 2. The molecule has 1 aromatic heterocycles. The van der Waals surface area contributed by atoms with E-state index in [0.717, 1.165) is 11.3 Å². The van der Waals surface area contributed by atoms with Crippen molar-refractivity contribution in [3.63, 3.8) is 0 Å². The minimum Gasteiger partial charge on any atom is -0.507 e. The summed E-state index contributed by atoms with van der Waals surface area (Å²) in [5, 5.41) is 11.7. The summed E-state index contributed by atoms with van der Waals surface area (Å²) >= 11 is 1.05. The zero-order chi connectivity index (χ0) is 28.6. The van der Waals surface area contributed by atoms with E-state index >= 15 is 0 Å². The zero-order valence-electron chi connectivity index (χ0n) is 22.1. The molecule has 1 fully saturated rings. The van der Waals surface area contributed by atoms with Crippen molar-refractivity contribution in [2.45, 2.75) is 13.0 Å². The van der Waals surface area contributed by atoms with Gasteiger partial charge in [0.15, 0.2) is 16.6 Å². The Bertz CT molecular complexity index is 1640. The van der Waals surface area contributed by atoms with Crippen molar-refractivity contribution in [1.82, 2.24) is 4.98 Å². The van der Waals surface area contributed by atoms with E-state index in [9.17, 15) is 19.1 Å². The van der Waals surface area contributed by atoms with Crippen molar-refractivity contribution in [2.75, 3.05) is 32.8 Å². The minimum absolute atomic E-state index is 0.156. The normalized spacial score (nSPS) is 16.4. The van der Waals surface area contributed by atoms with Gasteiger partial charge >= 0.3 is 5.91 Å². The molecule has 2 heterocycles. The molecule has 1 aliphatic rings. The number of aliphatic hydroxyl groups is 1. The Hall–Kier alpha value is -4.64. The van der Waals surface area contributed by atoms with Crippen molar-refractivity contribution >= 4 is 44.1 Å². The van der Waals surface area contributed by atoms with Crippen LogP contribution in [-0.2, 0) is 9.59 Å². The number of thiazole rings is 1. The number of amides is 1. The lowest BCUT2D eigenvalue weighted by Crippen LogP contribution is -2.29. The maximum Gasteiger partial charge on any atom is 0.301 e. The quantitative estimate of drug-likeness (QED) is 0.170. The Balaban J connectivity index is 1.77. The maximum absolute atomic E-state index is 13.9. The number of hydrogen-bond acceptors (Lipinski definition) is 9. The minimum atomic E-state index is -1.13. The molecule has 1 N–H and O–H groups in total. The second-order valence-corrected chi connectivity index (χ2v) is 9.71. The smallest absolute Gasteiger partial charge is 0.301 e. The number of rotatable bonds is 8. The van der Waals surface area contributed by atoms with Crippen LogP contribution in [0.2, 0.25) is 0 Å². The summed E-state index contributed by atoms with van der Waals surface area (Å²) in [6, 6.07) is 12.7. The van der Waals surface area contributed by atoms with Crippen LogP contribution in [0.4, 0.5) is 9.52 Å². The number of ether oxygens (including phenoxy) is 4. The molecule has 4 aromatic rings. The first-order chi connectivity index (χ1) is 19.3. The number of benzene rings is 3. The third-order valence-corrected chi connectivity index (χ3v) is 7.43. The molecule has 0 saturated carbocycles.